The molecule has 1 aliphatic heterocycles. The van der Waals surface area contributed by atoms with E-state index in [9.17, 15) is 24.6 Å². The summed E-state index contributed by atoms with van der Waals surface area (Å²) < 4.78 is 21.8. The van der Waals surface area contributed by atoms with Gasteiger partial charge in [0.2, 0.25) is 0 Å². The summed E-state index contributed by atoms with van der Waals surface area (Å²) in [6.07, 6.45) is -7.45. The molecule has 9 nitrogen and oxygen atoms in total. The first-order valence-corrected chi connectivity index (χ1v) is 11.2. The lowest BCUT2D eigenvalue weighted by Crippen LogP contribution is -2.46. The molecule has 0 radical (unpaired) electrons. The molecule has 1 saturated heterocycles. The van der Waals surface area contributed by atoms with Crippen molar-refractivity contribution in [3.8, 4) is 0 Å². The maximum atomic E-state index is 12.8. The minimum absolute atomic E-state index is 0.207. The lowest BCUT2D eigenvalue weighted by atomic mass is 10.1. The van der Waals surface area contributed by atoms with Gasteiger partial charge in [-0.2, -0.15) is 0 Å². The van der Waals surface area contributed by atoms with Gasteiger partial charge in [0.1, 0.15) is 18.8 Å². The predicted molar refractivity (Wildman–Crippen MR) is 125 cm³/mol. The van der Waals surface area contributed by atoms with Crippen LogP contribution < -0.4 is 0 Å². The standard InChI is InChI=1S/C27H24O9/c28-21-23(36-26(31)19-14-8-3-9-15-19)22(35-27(21)32)20(34-25(30)18-12-6-2-7-13-18)16-33-24(29)17-10-4-1-5-11-17/h1-15,20-23,27-28,32H,16H2/t20-,21-,22-,23+,27?/m1/s1. The Hall–Kier alpha value is -4.05. The third-order valence-corrected chi connectivity index (χ3v) is 5.52. The molecular formula is C27H24O9. The fourth-order valence-electron chi connectivity index (χ4n) is 3.67. The van der Waals surface area contributed by atoms with Crippen LogP contribution in [0.25, 0.3) is 0 Å². The molecule has 3 aromatic carbocycles. The number of rotatable bonds is 8. The van der Waals surface area contributed by atoms with Crippen LogP contribution in [0.5, 0.6) is 0 Å². The quantitative estimate of drug-likeness (QED) is 0.360. The summed E-state index contributed by atoms with van der Waals surface area (Å²) in [5, 5.41) is 20.6. The van der Waals surface area contributed by atoms with Gasteiger partial charge in [0.15, 0.2) is 18.5 Å². The van der Waals surface area contributed by atoms with Crippen molar-refractivity contribution in [2.45, 2.75) is 30.7 Å². The zero-order chi connectivity index (χ0) is 25.5. The molecule has 0 saturated carbocycles. The number of ether oxygens (including phenoxy) is 4. The minimum atomic E-state index is -1.73. The molecule has 1 unspecified atom stereocenters. The Kier molecular flexibility index (Phi) is 8.06. The van der Waals surface area contributed by atoms with Crippen molar-refractivity contribution in [3.63, 3.8) is 0 Å². The summed E-state index contributed by atoms with van der Waals surface area (Å²) in [7, 11) is 0. The van der Waals surface area contributed by atoms with E-state index in [1.807, 2.05) is 0 Å². The molecule has 0 aromatic heterocycles. The Morgan fingerprint density at radius 1 is 0.722 bits per heavy atom. The van der Waals surface area contributed by atoms with Gasteiger partial charge in [-0.15, -0.1) is 0 Å². The van der Waals surface area contributed by atoms with Crippen LogP contribution in [0.1, 0.15) is 31.1 Å². The van der Waals surface area contributed by atoms with Crippen LogP contribution in [0.15, 0.2) is 91.0 Å². The average molecular weight is 492 g/mol. The highest BCUT2D eigenvalue weighted by atomic mass is 16.7. The summed E-state index contributed by atoms with van der Waals surface area (Å²) in [6, 6.07) is 24.3. The van der Waals surface area contributed by atoms with Gasteiger partial charge in [-0.05, 0) is 36.4 Å². The van der Waals surface area contributed by atoms with Gasteiger partial charge in [-0.3, -0.25) is 0 Å². The Balaban J connectivity index is 1.56. The molecule has 3 aromatic rings. The number of carbonyl (C=O) groups excluding carboxylic acids is 3. The second-order valence-electron chi connectivity index (χ2n) is 7.99. The van der Waals surface area contributed by atoms with E-state index < -0.39 is 55.2 Å². The number of hydrogen-bond acceptors (Lipinski definition) is 9. The molecule has 1 heterocycles. The summed E-state index contributed by atoms with van der Waals surface area (Å²) in [5.41, 5.74) is 0.692. The second-order valence-corrected chi connectivity index (χ2v) is 7.99. The average Bonchev–Trinajstić information content (AvgIpc) is 3.20. The first-order chi connectivity index (χ1) is 17.4. The number of aliphatic hydroxyl groups is 2. The van der Waals surface area contributed by atoms with Gasteiger partial charge in [-0.1, -0.05) is 54.6 Å². The van der Waals surface area contributed by atoms with Crippen LogP contribution in [0.2, 0.25) is 0 Å². The van der Waals surface area contributed by atoms with Crippen molar-refractivity contribution in [2.75, 3.05) is 6.61 Å². The Morgan fingerprint density at radius 2 is 1.19 bits per heavy atom. The van der Waals surface area contributed by atoms with Crippen LogP contribution in [0, 0.1) is 0 Å². The van der Waals surface area contributed by atoms with E-state index in [2.05, 4.69) is 0 Å². The van der Waals surface area contributed by atoms with E-state index >= 15 is 0 Å². The fraction of sp³-hybridized carbons (Fsp3) is 0.222. The lowest BCUT2D eigenvalue weighted by molar-refractivity contribution is -0.152. The fourth-order valence-corrected chi connectivity index (χ4v) is 3.67. The number of hydrogen-bond donors (Lipinski definition) is 2. The molecule has 0 bridgehead atoms. The minimum Gasteiger partial charge on any atom is -0.458 e. The van der Waals surface area contributed by atoms with Crippen LogP contribution in [0.3, 0.4) is 0 Å². The van der Waals surface area contributed by atoms with Gasteiger partial charge in [0.25, 0.3) is 0 Å². The lowest BCUT2D eigenvalue weighted by Gasteiger charge is -2.27. The van der Waals surface area contributed by atoms with Crippen molar-refractivity contribution in [1.82, 2.24) is 0 Å². The molecule has 0 aliphatic carbocycles. The molecule has 186 valence electrons. The molecule has 1 aliphatic rings. The summed E-state index contributed by atoms with van der Waals surface area (Å²) in [4.78, 5) is 37.9. The van der Waals surface area contributed by atoms with Gasteiger partial charge in [-0.25, -0.2) is 14.4 Å². The zero-order valence-electron chi connectivity index (χ0n) is 19.0. The highest BCUT2D eigenvalue weighted by molar-refractivity contribution is 5.90. The maximum absolute atomic E-state index is 12.8. The topological polar surface area (TPSA) is 129 Å². The van der Waals surface area contributed by atoms with Gasteiger partial charge in [0, 0.05) is 0 Å². The smallest absolute Gasteiger partial charge is 0.338 e. The number of benzene rings is 3. The molecule has 4 rings (SSSR count). The third kappa shape index (κ3) is 5.95. The molecular weight excluding hydrogens is 468 g/mol. The Labute approximate surface area is 206 Å². The first kappa shape index (κ1) is 25.1. The summed E-state index contributed by atoms with van der Waals surface area (Å²) in [5.74, 6) is -2.23. The zero-order valence-corrected chi connectivity index (χ0v) is 19.0. The SMILES string of the molecule is O=C(OC[C@@H](OC(=O)c1ccccc1)[C@H]1OC(O)[C@H](O)[C@@H]1OC(=O)c1ccccc1)c1ccccc1. The highest BCUT2D eigenvalue weighted by Gasteiger charge is 2.51. The van der Waals surface area contributed by atoms with E-state index in [-0.39, 0.29) is 16.7 Å². The molecule has 0 spiro atoms. The maximum Gasteiger partial charge on any atom is 0.338 e. The molecule has 9 heteroatoms. The normalized spacial score (nSPS) is 21.8. The number of esters is 3. The van der Waals surface area contributed by atoms with Crippen LogP contribution in [0.4, 0.5) is 0 Å². The van der Waals surface area contributed by atoms with Crippen LogP contribution in [-0.4, -0.2) is 65.4 Å². The monoisotopic (exact) mass is 492 g/mol. The van der Waals surface area contributed by atoms with Gasteiger partial charge in [0.05, 0.1) is 16.7 Å². The molecule has 2 N–H and O–H groups in total. The second kappa shape index (κ2) is 11.6. The first-order valence-electron chi connectivity index (χ1n) is 11.2. The predicted octanol–water partition coefficient (Wildman–Crippen LogP) is 2.37. The van der Waals surface area contributed by atoms with E-state index in [1.165, 1.54) is 24.3 Å². The Morgan fingerprint density at radius 3 is 1.72 bits per heavy atom. The van der Waals surface area contributed by atoms with Gasteiger partial charge < -0.3 is 29.2 Å². The van der Waals surface area contributed by atoms with E-state index in [1.54, 1.807) is 66.7 Å². The van der Waals surface area contributed by atoms with E-state index in [4.69, 9.17) is 18.9 Å². The highest BCUT2D eigenvalue weighted by Crippen LogP contribution is 2.28. The van der Waals surface area contributed by atoms with E-state index in [0.717, 1.165) is 0 Å². The van der Waals surface area contributed by atoms with Gasteiger partial charge >= 0.3 is 17.9 Å². The number of aliphatic hydroxyl groups excluding tert-OH is 2. The molecule has 0 amide bonds. The van der Waals surface area contributed by atoms with Crippen molar-refractivity contribution >= 4 is 17.9 Å². The van der Waals surface area contributed by atoms with Crippen molar-refractivity contribution in [3.05, 3.63) is 108 Å². The molecule has 5 atom stereocenters. The summed E-state index contributed by atoms with van der Waals surface area (Å²) in [6.45, 7) is -0.490. The largest absolute Gasteiger partial charge is 0.458 e. The third-order valence-electron chi connectivity index (χ3n) is 5.52. The summed E-state index contributed by atoms with van der Waals surface area (Å²) >= 11 is 0. The van der Waals surface area contributed by atoms with Crippen molar-refractivity contribution in [2.24, 2.45) is 0 Å². The molecule has 1 fully saturated rings. The van der Waals surface area contributed by atoms with E-state index in [0.29, 0.717) is 0 Å². The Bertz CT molecular complexity index is 1170. The number of carbonyl (C=O) groups is 3. The molecule has 36 heavy (non-hydrogen) atoms. The van der Waals surface area contributed by atoms with Crippen LogP contribution >= 0.6 is 0 Å². The van der Waals surface area contributed by atoms with Crippen LogP contribution in [-0.2, 0) is 18.9 Å². The van der Waals surface area contributed by atoms with Crippen molar-refractivity contribution < 1.29 is 43.5 Å². The van der Waals surface area contributed by atoms with Crippen molar-refractivity contribution in [1.29, 1.82) is 0 Å².